The molecule has 0 spiro atoms. The van der Waals surface area contributed by atoms with Gasteiger partial charge in [-0.2, -0.15) is 5.10 Å². The number of carboxylic acids is 1. The smallest absolute Gasteiger partial charge is 0.311 e. The molecule has 1 N–H and O–H groups in total. The van der Waals surface area contributed by atoms with E-state index in [2.05, 4.69) is 18.9 Å². The van der Waals surface area contributed by atoms with E-state index in [0.29, 0.717) is 36.9 Å². The van der Waals surface area contributed by atoms with Gasteiger partial charge in [0.05, 0.1) is 22.9 Å². The molecule has 6 nitrogen and oxygen atoms in total. The van der Waals surface area contributed by atoms with Crippen LogP contribution in [0.4, 0.5) is 0 Å². The number of fused-ring (bicyclic) bond motifs is 1. The molecule has 3 fully saturated rings. The molecule has 4 rings (SSSR count). The quantitative estimate of drug-likeness (QED) is 0.890. The van der Waals surface area contributed by atoms with Crippen LogP contribution in [0, 0.1) is 17.3 Å². The predicted molar refractivity (Wildman–Crippen MR) is 92.4 cm³/mol. The van der Waals surface area contributed by atoms with E-state index in [0.717, 1.165) is 37.9 Å². The van der Waals surface area contributed by atoms with Gasteiger partial charge in [0, 0.05) is 25.6 Å². The summed E-state index contributed by atoms with van der Waals surface area (Å²) < 4.78 is 2.00. The Balaban J connectivity index is 1.60. The summed E-state index contributed by atoms with van der Waals surface area (Å²) in [5.41, 5.74) is 1.05. The molecule has 1 aromatic heterocycles. The number of hydrogen-bond acceptors (Lipinski definition) is 3. The largest absolute Gasteiger partial charge is 0.481 e. The molecule has 1 amide bonds. The topological polar surface area (TPSA) is 75.4 Å². The maximum atomic E-state index is 13.2. The first-order chi connectivity index (χ1) is 11.9. The molecule has 2 atom stereocenters. The molecule has 136 valence electrons. The van der Waals surface area contributed by atoms with Crippen LogP contribution in [0.25, 0.3) is 0 Å². The van der Waals surface area contributed by atoms with Crippen LogP contribution >= 0.6 is 0 Å². The summed E-state index contributed by atoms with van der Waals surface area (Å²) in [7, 11) is 0. The molecule has 0 unspecified atom stereocenters. The second kappa shape index (κ2) is 5.85. The average molecular weight is 345 g/mol. The second-order valence-electron chi connectivity index (χ2n) is 8.53. The predicted octanol–water partition coefficient (Wildman–Crippen LogP) is 2.74. The molecule has 25 heavy (non-hydrogen) atoms. The number of carbonyl (C=O) groups is 2. The molecular formula is C19H27N3O3. The van der Waals surface area contributed by atoms with Gasteiger partial charge < -0.3 is 10.0 Å². The first-order valence-corrected chi connectivity index (χ1v) is 9.51. The standard InChI is InChI=1S/C19H27N3O3/c1-12(2)9-22-16(13-5-6-13)15(8-20-22)17(23)21-10-14-4-3-7-19(14,11-21)18(24)25/h8,12-14H,3-7,9-11H2,1-2H3,(H,24,25)/t14-,19+/m0/s1. The number of amides is 1. The van der Waals surface area contributed by atoms with E-state index in [1.165, 1.54) is 0 Å². The zero-order chi connectivity index (χ0) is 17.8. The number of hydrogen-bond donors (Lipinski definition) is 1. The number of aromatic nitrogens is 2. The van der Waals surface area contributed by atoms with E-state index in [-0.39, 0.29) is 11.8 Å². The van der Waals surface area contributed by atoms with Gasteiger partial charge >= 0.3 is 5.97 Å². The Morgan fingerprint density at radius 3 is 2.72 bits per heavy atom. The lowest BCUT2D eigenvalue weighted by Gasteiger charge is -2.23. The normalized spacial score (nSPS) is 28.6. The maximum absolute atomic E-state index is 13.2. The van der Waals surface area contributed by atoms with Crippen molar-refractivity contribution in [3.63, 3.8) is 0 Å². The van der Waals surface area contributed by atoms with Crippen LogP contribution < -0.4 is 0 Å². The van der Waals surface area contributed by atoms with Crippen molar-refractivity contribution in [2.24, 2.45) is 17.3 Å². The van der Waals surface area contributed by atoms with Gasteiger partial charge in [-0.25, -0.2) is 0 Å². The van der Waals surface area contributed by atoms with Gasteiger partial charge in [0.25, 0.3) is 5.91 Å². The van der Waals surface area contributed by atoms with Crippen molar-refractivity contribution >= 4 is 11.9 Å². The number of carbonyl (C=O) groups excluding carboxylic acids is 1. The summed E-state index contributed by atoms with van der Waals surface area (Å²) in [4.78, 5) is 26.8. The molecule has 1 saturated heterocycles. The average Bonchev–Trinajstić information content (AvgIpc) is 3.01. The molecule has 0 bridgehead atoms. The number of likely N-dealkylation sites (tertiary alicyclic amines) is 1. The van der Waals surface area contributed by atoms with Gasteiger partial charge in [0.2, 0.25) is 0 Å². The van der Waals surface area contributed by atoms with Gasteiger partial charge in [-0.15, -0.1) is 0 Å². The van der Waals surface area contributed by atoms with E-state index < -0.39 is 11.4 Å². The molecule has 0 radical (unpaired) electrons. The Morgan fingerprint density at radius 2 is 2.12 bits per heavy atom. The Morgan fingerprint density at radius 1 is 1.36 bits per heavy atom. The Bertz CT molecular complexity index is 707. The minimum atomic E-state index is -0.733. The highest BCUT2D eigenvalue weighted by atomic mass is 16.4. The van der Waals surface area contributed by atoms with Gasteiger partial charge in [0.1, 0.15) is 0 Å². The van der Waals surface area contributed by atoms with Crippen molar-refractivity contribution < 1.29 is 14.7 Å². The fourth-order valence-corrected chi connectivity index (χ4v) is 4.80. The lowest BCUT2D eigenvalue weighted by Crippen LogP contribution is -2.37. The van der Waals surface area contributed by atoms with Gasteiger partial charge in [0.15, 0.2) is 0 Å². The molecular weight excluding hydrogens is 318 g/mol. The minimum absolute atomic E-state index is 0.0214. The fraction of sp³-hybridized carbons (Fsp3) is 0.737. The van der Waals surface area contributed by atoms with Gasteiger partial charge in [-0.05, 0) is 37.5 Å². The van der Waals surface area contributed by atoms with Crippen molar-refractivity contribution in [3.8, 4) is 0 Å². The van der Waals surface area contributed by atoms with Crippen LogP contribution in [-0.4, -0.2) is 44.8 Å². The molecule has 2 saturated carbocycles. The molecule has 0 aromatic carbocycles. The third-order valence-electron chi connectivity index (χ3n) is 6.20. The summed E-state index contributed by atoms with van der Waals surface area (Å²) >= 11 is 0. The lowest BCUT2D eigenvalue weighted by atomic mass is 9.81. The first-order valence-electron chi connectivity index (χ1n) is 9.51. The molecule has 1 aliphatic heterocycles. The summed E-state index contributed by atoms with van der Waals surface area (Å²) in [6.45, 7) is 6.05. The van der Waals surface area contributed by atoms with E-state index in [9.17, 15) is 14.7 Å². The number of nitrogens with zero attached hydrogens (tertiary/aromatic N) is 3. The minimum Gasteiger partial charge on any atom is -0.481 e. The van der Waals surface area contributed by atoms with Gasteiger partial charge in [-0.1, -0.05) is 20.3 Å². The van der Waals surface area contributed by atoms with Crippen LogP contribution in [0.2, 0.25) is 0 Å². The van der Waals surface area contributed by atoms with Crippen LogP contribution in [0.1, 0.15) is 67.9 Å². The summed E-state index contributed by atoms with van der Waals surface area (Å²) in [5, 5.41) is 14.2. The molecule has 3 aliphatic rings. The number of rotatable bonds is 5. The zero-order valence-electron chi connectivity index (χ0n) is 15.1. The Labute approximate surface area is 148 Å². The van der Waals surface area contributed by atoms with Crippen molar-refractivity contribution in [1.82, 2.24) is 14.7 Å². The number of aliphatic carboxylic acids is 1. The summed E-state index contributed by atoms with van der Waals surface area (Å²) in [6.07, 6.45) is 6.51. The van der Waals surface area contributed by atoms with Crippen molar-refractivity contribution in [2.75, 3.05) is 13.1 Å². The SMILES string of the molecule is CC(C)Cn1ncc(C(=O)N2C[C@@H]3CCC[C@@]3(C(=O)O)C2)c1C1CC1. The monoisotopic (exact) mass is 345 g/mol. The van der Waals surface area contributed by atoms with E-state index in [1.54, 1.807) is 11.1 Å². The van der Waals surface area contributed by atoms with Crippen LogP contribution in [0.15, 0.2) is 6.20 Å². The van der Waals surface area contributed by atoms with Crippen LogP contribution in [0.5, 0.6) is 0 Å². The zero-order valence-corrected chi connectivity index (χ0v) is 15.1. The highest BCUT2D eigenvalue weighted by molar-refractivity contribution is 5.96. The molecule has 6 heteroatoms. The Hall–Kier alpha value is -1.85. The third kappa shape index (κ3) is 2.66. The first kappa shape index (κ1) is 16.6. The van der Waals surface area contributed by atoms with E-state index in [4.69, 9.17) is 0 Å². The lowest BCUT2D eigenvalue weighted by molar-refractivity contribution is -0.149. The molecule has 2 heterocycles. The highest BCUT2D eigenvalue weighted by Crippen LogP contribution is 2.49. The molecule has 2 aliphatic carbocycles. The van der Waals surface area contributed by atoms with Crippen molar-refractivity contribution in [3.05, 3.63) is 17.5 Å². The van der Waals surface area contributed by atoms with Crippen molar-refractivity contribution in [2.45, 2.75) is 58.4 Å². The summed E-state index contributed by atoms with van der Waals surface area (Å²) in [6, 6.07) is 0. The van der Waals surface area contributed by atoms with E-state index in [1.807, 2.05) is 4.68 Å². The summed E-state index contributed by atoms with van der Waals surface area (Å²) in [5.74, 6) is 0.261. The fourth-order valence-electron chi connectivity index (χ4n) is 4.80. The third-order valence-corrected chi connectivity index (χ3v) is 6.20. The van der Waals surface area contributed by atoms with Gasteiger partial charge in [-0.3, -0.25) is 14.3 Å². The van der Waals surface area contributed by atoms with E-state index >= 15 is 0 Å². The second-order valence-corrected chi connectivity index (χ2v) is 8.53. The Kier molecular flexibility index (Phi) is 3.89. The molecule has 1 aromatic rings. The number of carboxylic acid groups (broad SMARTS) is 1. The highest BCUT2D eigenvalue weighted by Gasteiger charge is 2.56. The maximum Gasteiger partial charge on any atom is 0.311 e. The van der Waals surface area contributed by atoms with Crippen molar-refractivity contribution in [1.29, 1.82) is 0 Å². The van der Waals surface area contributed by atoms with Crippen LogP contribution in [-0.2, 0) is 11.3 Å². The van der Waals surface area contributed by atoms with Crippen LogP contribution in [0.3, 0.4) is 0 Å².